The van der Waals surface area contributed by atoms with Crippen LogP contribution >= 0.6 is 23.8 Å². The Morgan fingerprint density at radius 3 is 2.53 bits per heavy atom. The first-order valence-corrected chi connectivity index (χ1v) is 11.6. The molecule has 3 heterocycles. The van der Waals surface area contributed by atoms with Gasteiger partial charge in [-0.05, 0) is 80.2 Å². The number of pyridine rings is 1. The van der Waals surface area contributed by atoms with E-state index in [4.69, 9.17) is 23.8 Å². The van der Waals surface area contributed by atoms with E-state index in [1.54, 1.807) is 42.6 Å². The molecule has 0 saturated carbocycles. The smallest absolute Gasteiger partial charge is 0.174 e. The molecule has 0 amide bonds. The molecular weight excluding hydrogens is 471 g/mol. The summed E-state index contributed by atoms with van der Waals surface area (Å²) >= 11 is 11.9. The van der Waals surface area contributed by atoms with Gasteiger partial charge < -0.3 is 19.9 Å². The quantitative estimate of drug-likeness (QED) is 0.334. The summed E-state index contributed by atoms with van der Waals surface area (Å²) in [6.07, 6.45) is 1.73. The Balaban J connectivity index is 1.72. The van der Waals surface area contributed by atoms with E-state index in [9.17, 15) is 9.50 Å². The molecule has 172 valence electrons. The van der Waals surface area contributed by atoms with Gasteiger partial charge in [-0.1, -0.05) is 29.8 Å². The maximum atomic E-state index is 15.0. The summed E-state index contributed by atoms with van der Waals surface area (Å²) in [5.41, 5.74) is 4.48. The number of anilines is 1. The Morgan fingerprint density at radius 2 is 1.79 bits per heavy atom. The summed E-state index contributed by atoms with van der Waals surface area (Å²) < 4.78 is 16.9. The maximum Gasteiger partial charge on any atom is 0.174 e. The monoisotopic (exact) mass is 492 g/mol. The number of halogens is 2. The second-order valence-electron chi connectivity index (χ2n) is 8.24. The third kappa shape index (κ3) is 3.71. The van der Waals surface area contributed by atoms with E-state index in [2.05, 4.69) is 10.3 Å². The van der Waals surface area contributed by atoms with Gasteiger partial charge in [0.05, 0.1) is 29.2 Å². The highest BCUT2D eigenvalue weighted by atomic mass is 35.5. The van der Waals surface area contributed by atoms with Gasteiger partial charge >= 0.3 is 0 Å². The van der Waals surface area contributed by atoms with Crippen molar-refractivity contribution in [3.8, 4) is 11.4 Å². The number of phenolic OH excluding ortho intramolecular Hbond substituents is 1. The molecule has 5 rings (SSSR count). The van der Waals surface area contributed by atoms with E-state index >= 15 is 0 Å². The molecule has 1 aliphatic heterocycles. The summed E-state index contributed by atoms with van der Waals surface area (Å²) in [4.78, 5) is 6.37. The summed E-state index contributed by atoms with van der Waals surface area (Å²) in [5, 5.41) is 14.9. The summed E-state index contributed by atoms with van der Waals surface area (Å²) in [6, 6.07) is 18.6. The third-order valence-electron chi connectivity index (χ3n) is 6.18. The number of aromatic hydroxyl groups is 1. The average molecular weight is 493 g/mol. The molecule has 1 saturated heterocycles. The highest BCUT2D eigenvalue weighted by Gasteiger charge is 2.43. The molecular formula is C26H22ClFN4OS. The lowest BCUT2D eigenvalue weighted by Gasteiger charge is -2.28. The summed E-state index contributed by atoms with van der Waals surface area (Å²) in [5.74, 6) is -0.246. The van der Waals surface area contributed by atoms with Crippen molar-refractivity contribution in [2.75, 3.05) is 4.90 Å². The van der Waals surface area contributed by atoms with Gasteiger partial charge in [-0.25, -0.2) is 4.39 Å². The van der Waals surface area contributed by atoms with Crippen LogP contribution in [-0.4, -0.2) is 19.8 Å². The van der Waals surface area contributed by atoms with Crippen LogP contribution in [-0.2, 0) is 0 Å². The van der Waals surface area contributed by atoms with E-state index < -0.39 is 0 Å². The van der Waals surface area contributed by atoms with Gasteiger partial charge in [0.15, 0.2) is 5.11 Å². The van der Waals surface area contributed by atoms with Crippen molar-refractivity contribution in [2.24, 2.45) is 0 Å². The molecule has 2 aromatic carbocycles. The average Bonchev–Trinajstić information content (AvgIpc) is 3.31. The highest BCUT2D eigenvalue weighted by Crippen LogP contribution is 2.44. The van der Waals surface area contributed by atoms with Crippen LogP contribution in [0.5, 0.6) is 5.75 Å². The molecule has 0 bridgehead atoms. The SMILES string of the molecule is Cc1cc(C2C(c3ccccn3)NC(=S)N2c2ccccc2F)c(C)n1-c1cc(Cl)ccc1O. The van der Waals surface area contributed by atoms with Gasteiger partial charge in [0.25, 0.3) is 0 Å². The van der Waals surface area contributed by atoms with Crippen molar-refractivity contribution in [3.63, 3.8) is 0 Å². The number of nitrogens with zero attached hydrogens (tertiary/aromatic N) is 3. The number of hydrogen-bond acceptors (Lipinski definition) is 3. The minimum absolute atomic E-state index is 0.116. The molecule has 34 heavy (non-hydrogen) atoms. The van der Waals surface area contributed by atoms with Crippen molar-refractivity contribution >= 4 is 34.6 Å². The largest absolute Gasteiger partial charge is 0.506 e. The number of phenols is 1. The van der Waals surface area contributed by atoms with E-state index in [-0.39, 0.29) is 23.7 Å². The predicted molar refractivity (Wildman–Crippen MR) is 136 cm³/mol. The highest BCUT2D eigenvalue weighted by molar-refractivity contribution is 7.80. The van der Waals surface area contributed by atoms with E-state index in [0.29, 0.717) is 21.5 Å². The zero-order valence-corrected chi connectivity index (χ0v) is 20.1. The topological polar surface area (TPSA) is 53.3 Å². The second-order valence-corrected chi connectivity index (χ2v) is 9.07. The molecule has 2 N–H and O–H groups in total. The van der Waals surface area contributed by atoms with Gasteiger partial charge in [-0.15, -0.1) is 0 Å². The minimum Gasteiger partial charge on any atom is -0.506 e. The standard InChI is InChI=1S/C26H22ClFN4OS/c1-15-13-18(16(2)31(15)22-14-17(27)10-11-23(22)33)25-24(20-8-5-6-12-29-20)30-26(34)32(25)21-9-4-3-7-19(21)28/h3-14,24-25,33H,1-2H3,(H,30,34). The molecule has 8 heteroatoms. The summed E-state index contributed by atoms with van der Waals surface area (Å²) in [7, 11) is 0. The van der Waals surface area contributed by atoms with Crippen LogP contribution in [0.1, 0.15) is 34.7 Å². The molecule has 0 radical (unpaired) electrons. The fraction of sp³-hybridized carbons (Fsp3) is 0.154. The molecule has 2 unspecified atom stereocenters. The van der Waals surface area contributed by atoms with Crippen molar-refractivity contribution < 1.29 is 9.50 Å². The third-order valence-corrected chi connectivity index (χ3v) is 6.73. The first-order chi connectivity index (χ1) is 16.4. The van der Waals surface area contributed by atoms with Crippen molar-refractivity contribution in [1.82, 2.24) is 14.9 Å². The molecule has 0 aliphatic carbocycles. The first kappa shape index (κ1) is 22.4. The molecule has 1 aliphatic rings. The van der Waals surface area contributed by atoms with Crippen LogP contribution in [0.2, 0.25) is 5.02 Å². The molecule has 0 spiro atoms. The number of rotatable bonds is 4. The Morgan fingerprint density at radius 1 is 1.03 bits per heavy atom. The van der Waals surface area contributed by atoms with Gasteiger partial charge in [-0.3, -0.25) is 4.98 Å². The summed E-state index contributed by atoms with van der Waals surface area (Å²) in [6.45, 7) is 3.93. The number of para-hydroxylation sites is 1. The lowest BCUT2D eigenvalue weighted by molar-refractivity contribution is 0.471. The molecule has 2 atom stereocenters. The Hall–Kier alpha value is -3.42. The van der Waals surface area contributed by atoms with Gasteiger partial charge in [0.1, 0.15) is 11.6 Å². The zero-order valence-electron chi connectivity index (χ0n) is 18.5. The Kier molecular flexibility index (Phi) is 5.75. The number of hydrogen-bond donors (Lipinski definition) is 2. The van der Waals surface area contributed by atoms with Crippen LogP contribution < -0.4 is 10.2 Å². The predicted octanol–water partition coefficient (Wildman–Crippen LogP) is 6.16. The fourth-order valence-corrected chi connectivity index (χ4v) is 5.22. The van der Waals surface area contributed by atoms with Crippen LogP contribution in [0.15, 0.2) is 72.9 Å². The van der Waals surface area contributed by atoms with Gasteiger partial charge in [0.2, 0.25) is 0 Å². The maximum absolute atomic E-state index is 15.0. The molecule has 4 aromatic rings. The van der Waals surface area contributed by atoms with Gasteiger partial charge in [-0.2, -0.15) is 0 Å². The van der Waals surface area contributed by atoms with Crippen LogP contribution in [0.25, 0.3) is 5.69 Å². The zero-order chi connectivity index (χ0) is 24.0. The first-order valence-electron chi connectivity index (χ1n) is 10.8. The lowest BCUT2D eigenvalue weighted by atomic mass is 9.96. The van der Waals surface area contributed by atoms with Crippen molar-refractivity contribution in [2.45, 2.75) is 25.9 Å². The number of thiocarbonyl (C=S) groups is 1. The van der Waals surface area contributed by atoms with Crippen LogP contribution in [0.3, 0.4) is 0 Å². The number of aryl methyl sites for hydroxylation is 1. The number of nitrogens with one attached hydrogen (secondary N) is 1. The van der Waals surface area contributed by atoms with E-state index in [0.717, 1.165) is 22.6 Å². The fourth-order valence-electron chi connectivity index (χ4n) is 4.71. The van der Waals surface area contributed by atoms with Crippen LogP contribution in [0.4, 0.5) is 10.1 Å². The van der Waals surface area contributed by atoms with Crippen molar-refractivity contribution in [3.05, 3.63) is 106 Å². The Labute approximate surface area is 207 Å². The molecule has 2 aromatic heterocycles. The van der Waals surface area contributed by atoms with Crippen molar-refractivity contribution in [1.29, 1.82) is 0 Å². The second kappa shape index (κ2) is 8.74. The van der Waals surface area contributed by atoms with E-state index in [1.165, 1.54) is 6.07 Å². The number of aromatic nitrogens is 2. The normalized spacial score (nSPS) is 17.8. The lowest BCUT2D eigenvalue weighted by Crippen LogP contribution is -2.30. The van der Waals surface area contributed by atoms with Crippen LogP contribution in [0, 0.1) is 19.7 Å². The Bertz CT molecular complexity index is 1390. The molecule has 1 fully saturated rings. The van der Waals surface area contributed by atoms with E-state index in [1.807, 2.05) is 47.6 Å². The molecule has 5 nitrogen and oxygen atoms in total. The number of benzene rings is 2. The van der Waals surface area contributed by atoms with Gasteiger partial charge in [0, 0.05) is 22.6 Å². The minimum atomic E-state index is -0.374.